The van der Waals surface area contributed by atoms with Crippen LogP contribution in [0.1, 0.15) is 36.2 Å². The fraction of sp³-hybridized carbons (Fsp3) is 0.667. The van der Waals surface area contributed by atoms with Crippen molar-refractivity contribution in [3.8, 4) is 0 Å². The summed E-state index contributed by atoms with van der Waals surface area (Å²) < 4.78 is 5.09. The molecule has 3 rings (SSSR count). The number of ether oxygens (including phenoxy) is 1. The zero-order chi connectivity index (χ0) is 15.6. The second-order valence-electron chi connectivity index (χ2n) is 5.95. The summed E-state index contributed by atoms with van der Waals surface area (Å²) >= 11 is 0. The van der Waals surface area contributed by atoms with Gasteiger partial charge in [-0.05, 0) is 31.7 Å². The predicted molar refractivity (Wildman–Crippen MR) is 79.3 cm³/mol. The molecular formula is C15H22N4O3. The van der Waals surface area contributed by atoms with Crippen LogP contribution in [0.2, 0.25) is 0 Å². The van der Waals surface area contributed by atoms with Gasteiger partial charge in [0.05, 0.1) is 6.61 Å². The molecule has 2 saturated heterocycles. The van der Waals surface area contributed by atoms with Crippen LogP contribution < -0.4 is 0 Å². The van der Waals surface area contributed by atoms with E-state index in [-0.39, 0.29) is 11.8 Å². The molecule has 2 aliphatic heterocycles. The van der Waals surface area contributed by atoms with Gasteiger partial charge in [-0.3, -0.25) is 14.7 Å². The smallest absolute Gasteiger partial charge is 0.272 e. The van der Waals surface area contributed by atoms with Gasteiger partial charge in [0.25, 0.3) is 5.91 Å². The Morgan fingerprint density at radius 1 is 1.41 bits per heavy atom. The van der Waals surface area contributed by atoms with Crippen molar-refractivity contribution in [1.29, 1.82) is 0 Å². The number of aromatic amines is 1. The van der Waals surface area contributed by atoms with Crippen LogP contribution in [0, 0.1) is 0 Å². The summed E-state index contributed by atoms with van der Waals surface area (Å²) in [6.45, 7) is 2.48. The number of aromatic nitrogens is 2. The predicted octanol–water partition coefficient (Wildman–Crippen LogP) is 0.653. The SMILES string of the molecule is COCCN1CCCC2(CCCN2C(=O)c2ccn[nH]2)C1=O. The molecule has 0 radical (unpaired) electrons. The van der Waals surface area contributed by atoms with E-state index in [1.807, 2.05) is 4.90 Å². The Labute approximate surface area is 129 Å². The molecule has 1 atom stereocenters. The van der Waals surface area contributed by atoms with Crippen LogP contribution in [0.4, 0.5) is 0 Å². The highest BCUT2D eigenvalue weighted by atomic mass is 16.5. The molecule has 1 spiro atoms. The zero-order valence-corrected chi connectivity index (χ0v) is 12.9. The molecular weight excluding hydrogens is 284 g/mol. The molecule has 120 valence electrons. The fourth-order valence-electron chi connectivity index (χ4n) is 3.66. The molecule has 1 N–H and O–H groups in total. The van der Waals surface area contributed by atoms with Crippen molar-refractivity contribution in [2.45, 2.75) is 31.2 Å². The van der Waals surface area contributed by atoms with Crippen LogP contribution in [-0.4, -0.2) is 70.7 Å². The third kappa shape index (κ3) is 2.39. The molecule has 2 fully saturated rings. The lowest BCUT2D eigenvalue weighted by atomic mass is 9.85. The van der Waals surface area contributed by atoms with Crippen LogP contribution in [0.25, 0.3) is 0 Å². The minimum Gasteiger partial charge on any atom is -0.383 e. The molecule has 0 saturated carbocycles. The monoisotopic (exact) mass is 306 g/mol. The Morgan fingerprint density at radius 2 is 2.18 bits per heavy atom. The second kappa shape index (κ2) is 6.08. The van der Waals surface area contributed by atoms with Gasteiger partial charge >= 0.3 is 0 Å². The van der Waals surface area contributed by atoms with Crippen LogP contribution in [0.15, 0.2) is 12.3 Å². The number of methoxy groups -OCH3 is 1. The van der Waals surface area contributed by atoms with E-state index in [4.69, 9.17) is 4.74 Å². The zero-order valence-electron chi connectivity index (χ0n) is 12.9. The quantitative estimate of drug-likeness (QED) is 0.886. The first-order valence-electron chi connectivity index (χ1n) is 7.79. The Balaban J connectivity index is 1.83. The average molecular weight is 306 g/mol. The molecule has 7 heteroatoms. The van der Waals surface area contributed by atoms with E-state index in [0.29, 0.717) is 25.4 Å². The topological polar surface area (TPSA) is 78.5 Å². The van der Waals surface area contributed by atoms with Crippen molar-refractivity contribution in [2.75, 3.05) is 33.4 Å². The van der Waals surface area contributed by atoms with Crippen LogP contribution >= 0.6 is 0 Å². The summed E-state index contributed by atoms with van der Waals surface area (Å²) in [6.07, 6.45) is 4.83. The number of piperidine rings is 1. The maximum Gasteiger partial charge on any atom is 0.272 e. The first-order valence-corrected chi connectivity index (χ1v) is 7.79. The lowest BCUT2D eigenvalue weighted by molar-refractivity contribution is -0.146. The fourth-order valence-corrected chi connectivity index (χ4v) is 3.66. The Kier molecular flexibility index (Phi) is 4.15. The number of likely N-dealkylation sites (tertiary alicyclic amines) is 2. The number of hydrogen-bond donors (Lipinski definition) is 1. The summed E-state index contributed by atoms with van der Waals surface area (Å²) in [6, 6.07) is 1.66. The number of carbonyl (C=O) groups is 2. The summed E-state index contributed by atoms with van der Waals surface area (Å²) in [5.74, 6) is -0.0573. The lowest BCUT2D eigenvalue weighted by Gasteiger charge is -2.44. The van der Waals surface area contributed by atoms with Gasteiger partial charge in [-0.15, -0.1) is 0 Å². The minimum absolute atomic E-state index is 0.0705. The van der Waals surface area contributed by atoms with Gasteiger partial charge in [0.2, 0.25) is 5.91 Å². The maximum absolute atomic E-state index is 13.0. The normalized spacial score (nSPS) is 25.2. The minimum atomic E-state index is -0.672. The van der Waals surface area contributed by atoms with Crippen molar-refractivity contribution in [3.63, 3.8) is 0 Å². The van der Waals surface area contributed by atoms with Crippen molar-refractivity contribution in [1.82, 2.24) is 20.0 Å². The number of rotatable bonds is 4. The molecule has 1 aromatic rings. The van der Waals surface area contributed by atoms with Gasteiger partial charge in [-0.1, -0.05) is 0 Å². The van der Waals surface area contributed by atoms with E-state index in [2.05, 4.69) is 10.2 Å². The Morgan fingerprint density at radius 3 is 2.86 bits per heavy atom. The molecule has 22 heavy (non-hydrogen) atoms. The maximum atomic E-state index is 13.0. The molecule has 2 amide bonds. The third-order valence-corrected chi connectivity index (χ3v) is 4.73. The van der Waals surface area contributed by atoms with Crippen molar-refractivity contribution < 1.29 is 14.3 Å². The van der Waals surface area contributed by atoms with Crippen molar-refractivity contribution in [3.05, 3.63) is 18.0 Å². The van der Waals surface area contributed by atoms with Crippen LogP contribution in [0.5, 0.6) is 0 Å². The molecule has 0 aliphatic carbocycles. The van der Waals surface area contributed by atoms with Gasteiger partial charge in [-0.2, -0.15) is 5.10 Å². The van der Waals surface area contributed by atoms with E-state index in [0.717, 1.165) is 32.2 Å². The number of carbonyl (C=O) groups excluding carboxylic acids is 2. The van der Waals surface area contributed by atoms with Gasteiger partial charge < -0.3 is 14.5 Å². The van der Waals surface area contributed by atoms with Crippen LogP contribution in [-0.2, 0) is 9.53 Å². The first kappa shape index (κ1) is 15.0. The summed E-state index contributed by atoms with van der Waals surface area (Å²) in [5, 5.41) is 6.55. The molecule has 7 nitrogen and oxygen atoms in total. The molecule has 1 aromatic heterocycles. The summed E-state index contributed by atoms with van der Waals surface area (Å²) in [4.78, 5) is 29.3. The summed E-state index contributed by atoms with van der Waals surface area (Å²) in [7, 11) is 1.63. The highest BCUT2D eigenvalue weighted by Gasteiger charge is 2.52. The van der Waals surface area contributed by atoms with Gasteiger partial charge in [0.1, 0.15) is 11.2 Å². The Hall–Kier alpha value is -1.89. The van der Waals surface area contributed by atoms with Gasteiger partial charge in [0.15, 0.2) is 0 Å². The van der Waals surface area contributed by atoms with Crippen molar-refractivity contribution >= 4 is 11.8 Å². The molecule has 2 aliphatic rings. The van der Waals surface area contributed by atoms with E-state index < -0.39 is 5.54 Å². The highest BCUT2D eigenvalue weighted by Crippen LogP contribution is 2.38. The first-order chi connectivity index (χ1) is 10.7. The Bertz CT molecular complexity index is 545. The van der Waals surface area contributed by atoms with Gasteiger partial charge in [-0.25, -0.2) is 0 Å². The third-order valence-electron chi connectivity index (χ3n) is 4.73. The molecule has 0 bridgehead atoms. The lowest BCUT2D eigenvalue weighted by Crippen LogP contribution is -2.61. The van der Waals surface area contributed by atoms with Crippen molar-refractivity contribution in [2.24, 2.45) is 0 Å². The number of H-pyrrole nitrogens is 1. The standard InChI is InChI=1S/C15H22N4O3/c1-22-11-10-18-8-2-5-15(14(18)21)6-3-9-19(15)13(20)12-4-7-16-17-12/h4,7H,2-3,5-6,8-11H2,1H3,(H,16,17). The number of hydrogen-bond acceptors (Lipinski definition) is 4. The number of nitrogens with zero attached hydrogens (tertiary/aromatic N) is 3. The van der Waals surface area contributed by atoms with Gasteiger partial charge in [0, 0.05) is 32.9 Å². The number of amides is 2. The highest BCUT2D eigenvalue weighted by molar-refractivity contribution is 5.98. The molecule has 3 heterocycles. The summed E-state index contributed by atoms with van der Waals surface area (Å²) in [5.41, 5.74) is -0.225. The molecule has 1 unspecified atom stereocenters. The average Bonchev–Trinajstić information content (AvgIpc) is 3.18. The second-order valence-corrected chi connectivity index (χ2v) is 5.95. The number of nitrogens with one attached hydrogen (secondary N) is 1. The van der Waals surface area contributed by atoms with E-state index in [9.17, 15) is 9.59 Å². The van der Waals surface area contributed by atoms with Crippen LogP contribution in [0.3, 0.4) is 0 Å². The van der Waals surface area contributed by atoms with E-state index >= 15 is 0 Å². The molecule has 0 aromatic carbocycles. The largest absolute Gasteiger partial charge is 0.383 e. The van der Waals surface area contributed by atoms with E-state index in [1.54, 1.807) is 24.3 Å². The van der Waals surface area contributed by atoms with E-state index in [1.165, 1.54) is 0 Å².